The molecule has 6 rings (SSSR count). The van der Waals surface area contributed by atoms with Crippen molar-refractivity contribution in [2.75, 3.05) is 0 Å². The second kappa shape index (κ2) is 20.8. The molecule has 3 aromatic heterocycles. The molecule has 0 bridgehead atoms. The molecular formula is C41H48Cl4N12O8S3. The predicted octanol–water partition coefficient (Wildman–Crippen LogP) is 6.42. The normalized spacial score (nSPS) is 12.4. The number of rotatable bonds is 10. The van der Waals surface area contributed by atoms with Gasteiger partial charge in [-0.1, -0.05) is 64.6 Å². The number of carboxylic acids is 1. The average Bonchev–Trinajstić information content (AvgIpc) is 3.19. The molecule has 0 saturated heterocycles. The Balaban J connectivity index is 0.000000224. The number of carboxylic acid groups (broad SMARTS) is 1. The summed E-state index contributed by atoms with van der Waals surface area (Å²) in [6.07, 6.45) is 4.19. The Hall–Kier alpha value is -5.21. The molecular weight excluding hydrogens is 1030 g/mol. The smallest absolute Gasteiger partial charge is 0.324 e. The fraction of sp³-hybridized carbons (Fsp3) is 0.268. The summed E-state index contributed by atoms with van der Waals surface area (Å²) < 4.78 is 81.8. The van der Waals surface area contributed by atoms with Crippen molar-refractivity contribution >= 4 is 138 Å². The van der Waals surface area contributed by atoms with Gasteiger partial charge in [0.25, 0.3) is 0 Å². The lowest BCUT2D eigenvalue weighted by Gasteiger charge is -2.21. The highest BCUT2D eigenvalue weighted by molar-refractivity contribution is 7.90. The summed E-state index contributed by atoms with van der Waals surface area (Å²) in [7, 11) is -11.4. The van der Waals surface area contributed by atoms with Crippen LogP contribution >= 0.6 is 46.4 Å². The fourth-order valence-corrected chi connectivity index (χ4v) is 10.9. The first kappa shape index (κ1) is 55.4. The number of nitrogens with zero attached hydrogens (tertiary/aromatic N) is 5. The molecule has 0 radical (unpaired) electrons. The van der Waals surface area contributed by atoms with E-state index in [4.69, 9.17) is 74.4 Å². The zero-order chi connectivity index (χ0) is 51.5. The second-order valence-corrected chi connectivity index (χ2v) is 23.8. The van der Waals surface area contributed by atoms with Crippen molar-refractivity contribution < 1.29 is 35.2 Å². The Labute approximate surface area is 413 Å². The van der Waals surface area contributed by atoms with Crippen LogP contribution in [0.1, 0.15) is 55.4 Å². The number of nitrogens with two attached hydrogens (primary N) is 4. The Kier molecular flexibility index (Phi) is 16.9. The van der Waals surface area contributed by atoms with Crippen LogP contribution in [0.3, 0.4) is 0 Å². The number of guanidine groups is 2. The van der Waals surface area contributed by atoms with Crippen molar-refractivity contribution in [3.8, 4) is 0 Å². The van der Waals surface area contributed by atoms with Gasteiger partial charge in [0, 0.05) is 62.0 Å². The van der Waals surface area contributed by atoms with Crippen LogP contribution in [0.25, 0.3) is 32.3 Å². The van der Waals surface area contributed by atoms with Crippen LogP contribution in [0.5, 0.6) is 0 Å². The van der Waals surface area contributed by atoms with Gasteiger partial charge in [0.1, 0.15) is 10.7 Å². The van der Waals surface area contributed by atoms with Gasteiger partial charge in [0.2, 0.25) is 30.1 Å². The van der Waals surface area contributed by atoms with Gasteiger partial charge in [0.15, 0.2) is 23.6 Å². The van der Waals surface area contributed by atoms with Crippen LogP contribution in [-0.4, -0.2) is 79.8 Å². The zero-order valence-corrected chi connectivity index (χ0v) is 43.0. The van der Waals surface area contributed by atoms with E-state index in [9.17, 15) is 30.0 Å². The minimum atomic E-state index is -4.13. The van der Waals surface area contributed by atoms with Crippen molar-refractivity contribution in [1.29, 1.82) is 0 Å². The van der Waals surface area contributed by atoms with Gasteiger partial charge in [-0.25, -0.2) is 49.6 Å². The average molecular weight is 1070 g/mol. The molecule has 0 aliphatic heterocycles. The largest absolute Gasteiger partial charge is 0.480 e. The molecule has 0 spiro atoms. The van der Waals surface area contributed by atoms with E-state index < -0.39 is 52.7 Å². The molecule has 20 nitrogen and oxygen atoms in total. The van der Waals surface area contributed by atoms with Crippen LogP contribution in [0.4, 0.5) is 11.6 Å². The summed E-state index contributed by atoms with van der Waals surface area (Å²) >= 11 is 24.2. The van der Waals surface area contributed by atoms with E-state index in [1.165, 1.54) is 74.9 Å². The molecule has 0 aliphatic rings. The number of halogens is 4. The quantitative estimate of drug-likeness (QED) is 0.0417. The van der Waals surface area contributed by atoms with E-state index in [1.807, 2.05) is 0 Å². The highest BCUT2D eigenvalue weighted by Crippen LogP contribution is 2.34. The number of fused-ring (bicyclic) bond motifs is 3. The number of hydrogen-bond acceptors (Lipinski definition) is 12. The lowest BCUT2D eigenvalue weighted by Crippen LogP contribution is -2.49. The number of pyridine rings is 3. The first-order valence-electron chi connectivity index (χ1n) is 19.5. The molecule has 6 aromatic rings. The third kappa shape index (κ3) is 14.4. The van der Waals surface area contributed by atoms with Gasteiger partial charge in [-0.05, 0) is 91.8 Å². The molecule has 0 saturated carbocycles. The summed E-state index contributed by atoms with van der Waals surface area (Å²) in [6, 6.07) is 13.2. The first-order chi connectivity index (χ1) is 31.0. The lowest BCUT2D eigenvalue weighted by atomic mass is 10.1. The fourth-order valence-electron chi connectivity index (χ4n) is 5.79. The van der Waals surface area contributed by atoms with Crippen molar-refractivity contribution in [3.63, 3.8) is 0 Å². The topological polar surface area (TPSA) is 343 Å². The number of benzene rings is 3. The molecule has 0 aliphatic carbocycles. The van der Waals surface area contributed by atoms with Gasteiger partial charge in [0.05, 0.1) is 29.8 Å². The molecule has 0 amide bonds. The van der Waals surface area contributed by atoms with Gasteiger partial charge in [-0.2, -0.15) is 14.7 Å². The Bertz CT molecular complexity index is 3340. The molecule has 0 atom stereocenters. The maximum atomic E-state index is 12.5. The van der Waals surface area contributed by atoms with Crippen molar-refractivity contribution in [2.45, 2.75) is 86.7 Å². The van der Waals surface area contributed by atoms with E-state index in [2.05, 4.69) is 39.1 Å². The lowest BCUT2D eigenvalue weighted by molar-refractivity contribution is -0.142. The molecule has 0 fully saturated rings. The maximum absolute atomic E-state index is 12.5. The van der Waals surface area contributed by atoms with Gasteiger partial charge in [-0.3, -0.25) is 4.79 Å². The summed E-state index contributed by atoms with van der Waals surface area (Å²) in [4.78, 5) is 30.9. The van der Waals surface area contributed by atoms with Crippen molar-refractivity contribution in [3.05, 3.63) is 93.4 Å². The summed E-state index contributed by atoms with van der Waals surface area (Å²) in [6.45, 7) is 13.1. The molecule has 27 heteroatoms. The van der Waals surface area contributed by atoms with E-state index in [0.717, 1.165) is 0 Å². The van der Waals surface area contributed by atoms with Crippen LogP contribution < -0.4 is 37.1 Å². The van der Waals surface area contributed by atoms with Crippen LogP contribution in [0.15, 0.2) is 97.9 Å². The number of aromatic nitrogens is 3. The highest BCUT2D eigenvalue weighted by atomic mass is 35.5. The van der Waals surface area contributed by atoms with Crippen molar-refractivity contribution in [1.82, 2.24) is 29.1 Å². The number of hydrogen-bond donors (Lipinski definition) is 8. The van der Waals surface area contributed by atoms with Crippen LogP contribution in [0, 0.1) is 0 Å². The van der Waals surface area contributed by atoms with Gasteiger partial charge in [-0.15, -0.1) is 0 Å². The van der Waals surface area contributed by atoms with Gasteiger partial charge >= 0.3 is 5.97 Å². The van der Waals surface area contributed by atoms with Gasteiger partial charge < -0.3 is 28.0 Å². The number of aliphatic carboxylic acids is 1. The van der Waals surface area contributed by atoms with E-state index >= 15 is 0 Å². The number of nitrogens with one attached hydrogen (secondary N) is 3. The number of aliphatic imine (C=N–C) groups is 2. The SMILES string of the molecule is CC(C)(C)NS(=O)(=O)c1ccc2c(Cl)cnc(Cl)c2c1.CC(C)(C)NS(=O)(=O)c1ccc2c(Cl)cnc(N=C(N)N)c2c1.CC(C)(NS(=O)(=O)c1ccc2c(Cl)cnc(N=C(N)N)c2c1)C(=O)O. The van der Waals surface area contributed by atoms with E-state index in [1.54, 1.807) is 53.7 Å². The molecule has 366 valence electrons. The Morgan fingerprint density at radius 1 is 0.515 bits per heavy atom. The molecule has 12 N–H and O–H groups in total. The maximum Gasteiger partial charge on any atom is 0.324 e. The summed E-state index contributed by atoms with van der Waals surface area (Å²) in [5, 5.41) is 13.4. The van der Waals surface area contributed by atoms with E-state index in [0.29, 0.717) is 42.4 Å². The standard InChI is InChI=1S/C14H16ClN5O4S.C14H18ClN5O2S.C13H14Cl2N2O2S/c1-14(2,12(21)22)20-25(23,24)7-3-4-8-9(5-7)11(19-13(16)17)18-6-10(8)15;1-14(2,3)20-23(21,22)8-4-5-9-10(6-8)12(19-13(16)17)18-7-11(9)15;1-13(2,3)17-20(18,19)8-4-5-9-10(6-8)12(15)16-7-11(9)14/h3-6,20H,1-2H3,(H,21,22)(H4,16,17,18,19);4-7,20H,1-3H3,(H4,16,17,18,19);4-7,17H,1-3H3. The number of sulfonamides is 3. The van der Waals surface area contributed by atoms with Crippen LogP contribution in [-0.2, 0) is 34.9 Å². The predicted molar refractivity (Wildman–Crippen MR) is 268 cm³/mol. The molecule has 3 heterocycles. The third-order valence-corrected chi connectivity index (χ3v) is 14.9. The molecule has 0 unspecified atom stereocenters. The minimum absolute atomic E-state index is 0.0797. The van der Waals surface area contributed by atoms with E-state index in [-0.39, 0.29) is 48.4 Å². The summed E-state index contributed by atoms with van der Waals surface area (Å²) in [5.74, 6) is -1.45. The Morgan fingerprint density at radius 3 is 1.15 bits per heavy atom. The molecule has 68 heavy (non-hydrogen) atoms. The van der Waals surface area contributed by atoms with Crippen LogP contribution in [0.2, 0.25) is 20.2 Å². The number of carbonyl (C=O) groups is 1. The minimum Gasteiger partial charge on any atom is -0.480 e. The molecule has 3 aromatic carbocycles. The summed E-state index contributed by atoms with van der Waals surface area (Å²) in [5.41, 5.74) is 18.6. The zero-order valence-electron chi connectivity index (χ0n) is 37.5. The first-order valence-corrected chi connectivity index (χ1v) is 25.4. The second-order valence-electron chi connectivity index (χ2n) is 17.2. The van der Waals surface area contributed by atoms with Crippen molar-refractivity contribution in [2.24, 2.45) is 32.9 Å². The highest BCUT2D eigenvalue weighted by Gasteiger charge is 2.33. The third-order valence-electron chi connectivity index (χ3n) is 8.55. The monoisotopic (exact) mass is 1070 g/mol. The Morgan fingerprint density at radius 2 is 0.824 bits per heavy atom.